The van der Waals surface area contributed by atoms with Crippen LogP contribution in [-0.2, 0) is 0 Å². The minimum absolute atomic E-state index is 0.0212. The van der Waals surface area contributed by atoms with E-state index in [0.717, 1.165) is 0 Å². The average molecular weight is 280 g/mol. The molecule has 1 unspecified atom stereocenters. The van der Waals surface area contributed by atoms with Gasteiger partial charge in [0.2, 0.25) is 0 Å². The van der Waals surface area contributed by atoms with Gasteiger partial charge in [-0.3, -0.25) is 0 Å². The second kappa shape index (κ2) is 4.78. The number of halogens is 2. The van der Waals surface area contributed by atoms with E-state index in [1.165, 1.54) is 13.2 Å². The topological polar surface area (TPSA) is 75.7 Å². The minimum atomic E-state index is -1.14. The van der Waals surface area contributed by atoms with E-state index < -0.39 is 11.9 Å². The Kier molecular flexibility index (Phi) is 3.90. The Morgan fingerprint density at radius 1 is 1.67 bits per heavy atom. The van der Waals surface area contributed by atoms with E-state index in [2.05, 4.69) is 20.7 Å². The van der Waals surface area contributed by atoms with E-state index in [9.17, 15) is 14.6 Å². The summed E-state index contributed by atoms with van der Waals surface area (Å²) in [6.07, 6.45) is -1.14. The number of aliphatic hydroxyl groups is 1. The summed E-state index contributed by atoms with van der Waals surface area (Å²) in [7, 11) is 1.23. The standard InChI is InChI=1S/C9H11BrFNO3/c1-15-9-5(13)2-4(10)7(8(9)11)6(14)3-12/h2,6,13-14H,3,12H2,1H3. The van der Waals surface area contributed by atoms with Gasteiger partial charge in [-0.15, -0.1) is 0 Å². The van der Waals surface area contributed by atoms with Crippen molar-refractivity contribution in [2.75, 3.05) is 13.7 Å². The first-order chi connectivity index (χ1) is 7.02. The van der Waals surface area contributed by atoms with E-state index in [-0.39, 0.29) is 28.1 Å². The van der Waals surface area contributed by atoms with Gasteiger partial charge in [0, 0.05) is 16.6 Å². The van der Waals surface area contributed by atoms with Gasteiger partial charge in [-0.1, -0.05) is 15.9 Å². The molecule has 84 valence electrons. The molecule has 0 aliphatic carbocycles. The van der Waals surface area contributed by atoms with E-state index in [1.807, 2.05) is 0 Å². The lowest BCUT2D eigenvalue weighted by Gasteiger charge is -2.15. The van der Waals surface area contributed by atoms with Crippen LogP contribution in [0.15, 0.2) is 10.5 Å². The maximum atomic E-state index is 13.7. The zero-order valence-corrected chi connectivity index (χ0v) is 9.58. The van der Waals surface area contributed by atoms with Crippen molar-refractivity contribution in [1.82, 2.24) is 0 Å². The number of methoxy groups -OCH3 is 1. The number of phenolic OH excluding ortho intramolecular Hbond substituents is 1. The normalized spacial score (nSPS) is 12.6. The number of hydrogen-bond acceptors (Lipinski definition) is 4. The number of phenols is 1. The number of aliphatic hydroxyl groups excluding tert-OH is 1. The largest absolute Gasteiger partial charge is 0.504 e. The van der Waals surface area contributed by atoms with Crippen LogP contribution in [0.2, 0.25) is 0 Å². The fraction of sp³-hybridized carbons (Fsp3) is 0.333. The predicted octanol–water partition coefficient (Wildman–Crippen LogP) is 1.29. The van der Waals surface area contributed by atoms with Gasteiger partial charge in [0.05, 0.1) is 13.2 Å². The molecule has 0 fully saturated rings. The molecule has 15 heavy (non-hydrogen) atoms. The first kappa shape index (κ1) is 12.2. The lowest BCUT2D eigenvalue weighted by Crippen LogP contribution is -2.14. The molecule has 0 bridgehead atoms. The second-order valence-electron chi connectivity index (χ2n) is 2.89. The molecule has 4 N–H and O–H groups in total. The zero-order chi connectivity index (χ0) is 11.6. The molecule has 0 spiro atoms. The van der Waals surface area contributed by atoms with Gasteiger partial charge >= 0.3 is 0 Å². The highest BCUT2D eigenvalue weighted by atomic mass is 79.9. The maximum Gasteiger partial charge on any atom is 0.197 e. The van der Waals surface area contributed by atoms with Gasteiger partial charge in [0.1, 0.15) is 0 Å². The van der Waals surface area contributed by atoms with E-state index in [0.29, 0.717) is 0 Å². The molecule has 0 aromatic heterocycles. The average Bonchev–Trinajstić information content (AvgIpc) is 2.17. The number of aromatic hydroxyl groups is 1. The van der Waals surface area contributed by atoms with Crippen LogP contribution in [0.1, 0.15) is 11.7 Å². The minimum Gasteiger partial charge on any atom is -0.504 e. The van der Waals surface area contributed by atoms with Crippen LogP contribution in [0, 0.1) is 5.82 Å². The smallest absolute Gasteiger partial charge is 0.197 e. The van der Waals surface area contributed by atoms with Crippen molar-refractivity contribution >= 4 is 15.9 Å². The summed E-state index contributed by atoms with van der Waals surface area (Å²) in [4.78, 5) is 0. The van der Waals surface area contributed by atoms with Crippen molar-refractivity contribution in [3.63, 3.8) is 0 Å². The fourth-order valence-corrected chi connectivity index (χ4v) is 1.88. The first-order valence-electron chi connectivity index (χ1n) is 4.15. The molecule has 0 aliphatic rings. The summed E-state index contributed by atoms with van der Waals surface area (Å²) in [5.41, 5.74) is 5.21. The van der Waals surface area contributed by atoms with Crippen LogP contribution >= 0.6 is 15.9 Å². The van der Waals surface area contributed by atoms with Gasteiger partial charge in [0.25, 0.3) is 0 Å². The van der Waals surface area contributed by atoms with E-state index in [1.54, 1.807) is 0 Å². The third-order valence-electron chi connectivity index (χ3n) is 1.95. The molecule has 0 heterocycles. The van der Waals surface area contributed by atoms with Gasteiger partial charge in [0.15, 0.2) is 17.3 Å². The lowest BCUT2D eigenvalue weighted by molar-refractivity contribution is 0.179. The number of nitrogens with two attached hydrogens (primary N) is 1. The van der Waals surface area contributed by atoms with E-state index >= 15 is 0 Å². The summed E-state index contributed by atoms with van der Waals surface area (Å²) in [6, 6.07) is 1.25. The van der Waals surface area contributed by atoms with Crippen molar-refractivity contribution in [3.8, 4) is 11.5 Å². The summed E-state index contributed by atoms with van der Waals surface area (Å²) in [6.45, 7) is -0.122. The summed E-state index contributed by atoms with van der Waals surface area (Å²) in [5, 5.41) is 18.8. The molecule has 1 rings (SSSR count). The molecule has 0 radical (unpaired) electrons. The number of benzene rings is 1. The highest BCUT2D eigenvalue weighted by Gasteiger charge is 2.22. The maximum absolute atomic E-state index is 13.7. The molecule has 1 aromatic carbocycles. The third-order valence-corrected chi connectivity index (χ3v) is 2.61. The second-order valence-corrected chi connectivity index (χ2v) is 3.74. The predicted molar refractivity (Wildman–Crippen MR) is 56.3 cm³/mol. The molecular weight excluding hydrogens is 269 g/mol. The highest BCUT2D eigenvalue weighted by Crippen LogP contribution is 2.38. The van der Waals surface area contributed by atoms with Crippen molar-refractivity contribution in [3.05, 3.63) is 21.9 Å². The van der Waals surface area contributed by atoms with Gasteiger partial charge in [-0.25, -0.2) is 4.39 Å². The number of hydrogen-bond donors (Lipinski definition) is 3. The van der Waals surface area contributed by atoms with Crippen LogP contribution in [-0.4, -0.2) is 23.9 Å². The van der Waals surface area contributed by atoms with Crippen LogP contribution in [0.4, 0.5) is 4.39 Å². The quantitative estimate of drug-likeness (QED) is 0.780. The Labute approximate surface area is 94.6 Å². The Morgan fingerprint density at radius 2 is 2.27 bits per heavy atom. The number of rotatable bonds is 3. The molecule has 1 aromatic rings. The van der Waals surface area contributed by atoms with E-state index in [4.69, 9.17) is 5.73 Å². The van der Waals surface area contributed by atoms with Gasteiger partial charge < -0.3 is 20.7 Å². The molecule has 0 saturated heterocycles. The molecular formula is C9H11BrFNO3. The van der Waals surface area contributed by atoms with Gasteiger partial charge in [-0.05, 0) is 6.07 Å². The Balaban J connectivity index is 3.38. The van der Waals surface area contributed by atoms with Gasteiger partial charge in [-0.2, -0.15) is 0 Å². The number of ether oxygens (including phenoxy) is 1. The van der Waals surface area contributed by atoms with Crippen LogP contribution in [0.25, 0.3) is 0 Å². The molecule has 0 saturated carbocycles. The summed E-state index contributed by atoms with van der Waals surface area (Å²) in [5.74, 6) is -1.46. The van der Waals surface area contributed by atoms with Crippen LogP contribution in [0.3, 0.4) is 0 Å². The molecule has 4 nitrogen and oxygen atoms in total. The first-order valence-corrected chi connectivity index (χ1v) is 4.95. The van der Waals surface area contributed by atoms with Crippen molar-refractivity contribution in [2.24, 2.45) is 5.73 Å². The Hall–Kier alpha value is -0.850. The van der Waals surface area contributed by atoms with Crippen LogP contribution < -0.4 is 10.5 Å². The SMILES string of the molecule is COc1c(O)cc(Br)c(C(O)CN)c1F. The third kappa shape index (κ3) is 2.22. The lowest BCUT2D eigenvalue weighted by atomic mass is 10.1. The van der Waals surface area contributed by atoms with Crippen molar-refractivity contribution < 1.29 is 19.3 Å². The highest BCUT2D eigenvalue weighted by molar-refractivity contribution is 9.10. The molecule has 1 atom stereocenters. The monoisotopic (exact) mass is 279 g/mol. The Bertz CT molecular complexity index is 373. The summed E-state index contributed by atoms with van der Waals surface area (Å²) < 4.78 is 18.6. The Morgan fingerprint density at radius 3 is 2.73 bits per heavy atom. The fourth-order valence-electron chi connectivity index (χ4n) is 1.22. The molecule has 0 aliphatic heterocycles. The van der Waals surface area contributed by atoms with Crippen LogP contribution in [0.5, 0.6) is 11.5 Å². The summed E-state index contributed by atoms with van der Waals surface area (Å²) >= 11 is 3.03. The molecule has 0 amide bonds. The van der Waals surface area contributed by atoms with Crippen molar-refractivity contribution in [2.45, 2.75) is 6.10 Å². The molecule has 6 heteroatoms. The van der Waals surface area contributed by atoms with Crippen molar-refractivity contribution in [1.29, 1.82) is 0 Å². The zero-order valence-electron chi connectivity index (χ0n) is 8.00.